The zero-order valence-corrected chi connectivity index (χ0v) is 4.16. The Balaban J connectivity index is 2.08. The number of hydrazine groups is 1. The molecule has 0 aromatic carbocycles. The highest BCUT2D eigenvalue weighted by Crippen LogP contribution is 2.17. The Bertz CT molecular complexity index is 19.2. The van der Waals surface area contributed by atoms with Crippen molar-refractivity contribution in [2.75, 3.05) is 5.88 Å². The molecule has 4 heteroatoms. The fourth-order valence-electron chi connectivity index (χ4n) is 0.147. The molecule has 0 aliphatic carbocycles. The van der Waals surface area contributed by atoms with Gasteiger partial charge < -0.3 is 0 Å². The Morgan fingerprint density at radius 3 is 2.80 bits per heavy atom. The molecule has 1 fully saturated rings. The van der Waals surface area contributed by atoms with Gasteiger partial charge in [0.25, 0.3) is 0 Å². The van der Waals surface area contributed by atoms with Crippen LogP contribution in [0.3, 0.4) is 0 Å². The van der Waals surface area contributed by atoms with Gasteiger partial charge in [-0.1, -0.05) is 10.8 Å². The van der Waals surface area contributed by atoms with Gasteiger partial charge in [0.2, 0.25) is 0 Å². The molecule has 0 aromatic rings. The quantitative estimate of drug-likeness (QED) is 0.345. The van der Waals surface area contributed by atoms with Crippen LogP contribution in [0.5, 0.6) is 0 Å². The molecule has 0 spiro atoms. The van der Waals surface area contributed by atoms with Crippen molar-refractivity contribution >= 4 is 21.8 Å². The molecule has 1 saturated heterocycles. The van der Waals surface area contributed by atoms with Crippen molar-refractivity contribution in [1.29, 1.82) is 0 Å². The molecule has 0 atom stereocenters. The first-order valence-corrected chi connectivity index (χ1v) is 3.58. The summed E-state index contributed by atoms with van der Waals surface area (Å²) in [7, 11) is 3.40. The van der Waals surface area contributed by atoms with Crippen LogP contribution in [0, 0.1) is 0 Å². The van der Waals surface area contributed by atoms with Gasteiger partial charge >= 0.3 is 0 Å². The van der Waals surface area contributed by atoms with E-state index in [1.165, 1.54) is 0 Å². The summed E-state index contributed by atoms with van der Waals surface area (Å²) in [6, 6.07) is 0. The summed E-state index contributed by atoms with van der Waals surface area (Å²) in [5, 5.41) is 0. The van der Waals surface area contributed by atoms with Gasteiger partial charge in [-0.05, 0) is 0 Å². The molecule has 2 nitrogen and oxygen atoms in total. The van der Waals surface area contributed by atoms with Gasteiger partial charge in [-0.3, -0.25) is 0 Å². The van der Waals surface area contributed by atoms with E-state index in [0.717, 1.165) is 5.88 Å². The first-order chi connectivity index (χ1) is 2.50. The van der Waals surface area contributed by atoms with Crippen molar-refractivity contribution in [3.8, 4) is 0 Å². The highest BCUT2D eigenvalue weighted by atomic mass is 33.1. The molecule has 2 N–H and O–H groups in total. The minimum atomic E-state index is 1.02. The summed E-state index contributed by atoms with van der Waals surface area (Å²) < 4.78 is 0. The van der Waals surface area contributed by atoms with Crippen LogP contribution in [0.15, 0.2) is 0 Å². The Kier molecular flexibility index (Phi) is 1.46. The van der Waals surface area contributed by atoms with Gasteiger partial charge in [0.05, 0.1) is 5.88 Å². The molecule has 30 valence electrons. The maximum Gasteiger partial charge on any atom is 0.0682 e. The smallest absolute Gasteiger partial charge is 0.0682 e. The molecule has 1 rings (SSSR count). The SMILES string of the molecule is C1NNSS1. The van der Waals surface area contributed by atoms with E-state index in [9.17, 15) is 0 Å². The van der Waals surface area contributed by atoms with Crippen LogP contribution < -0.4 is 10.3 Å². The van der Waals surface area contributed by atoms with E-state index in [1.54, 1.807) is 21.8 Å². The van der Waals surface area contributed by atoms with Gasteiger partial charge in [0.1, 0.15) is 0 Å². The number of hydrogen-bond acceptors (Lipinski definition) is 4. The standard InChI is InChI=1S/CH4N2S2/c1-2-3-5-4-1/h2-3H,1H2. The third kappa shape index (κ3) is 1.00. The van der Waals surface area contributed by atoms with Crippen molar-refractivity contribution in [2.24, 2.45) is 0 Å². The van der Waals surface area contributed by atoms with Gasteiger partial charge in [-0.2, -0.15) is 4.83 Å². The van der Waals surface area contributed by atoms with Crippen molar-refractivity contribution < 1.29 is 0 Å². The third-order valence-electron chi connectivity index (χ3n) is 0.304. The van der Waals surface area contributed by atoms with E-state index in [2.05, 4.69) is 10.3 Å². The first-order valence-electron chi connectivity index (χ1n) is 1.26. The van der Waals surface area contributed by atoms with Crippen LogP contribution in [-0.4, -0.2) is 5.88 Å². The molecule has 0 aromatic heterocycles. The summed E-state index contributed by atoms with van der Waals surface area (Å²) in [5.74, 6) is 1.02. The lowest BCUT2D eigenvalue weighted by Gasteiger charge is -1.77. The van der Waals surface area contributed by atoms with Crippen LogP contribution in [0.1, 0.15) is 0 Å². The van der Waals surface area contributed by atoms with Crippen molar-refractivity contribution in [3.05, 3.63) is 0 Å². The molecule has 1 heterocycles. The molecule has 0 bridgehead atoms. The minimum Gasteiger partial charge on any atom is -0.236 e. The summed E-state index contributed by atoms with van der Waals surface area (Å²) in [4.78, 5) is 2.85. The van der Waals surface area contributed by atoms with Gasteiger partial charge in [0.15, 0.2) is 0 Å². The van der Waals surface area contributed by atoms with E-state index in [1.807, 2.05) is 0 Å². The Hall–Kier alpha value is 0.620. The maximum atomic E-state index is 2.90. The normalized spacial score (nSPS) is 24.0. The molecule has 5 heavy (non-hydrogen) atoms. The molecule has 0 saturated carbocycles. The zero-order valence-electron chi connectivity index (χ0n) is 2.52. The van der Waals surface area contributed by atoms with E-state index < -0.39 is 0 Å². The summed E-state index contributed by atoms with van der Waals surface area (Å²) in [6.45, 7) is 0. The summed E-state index contributed by atoms with van der Waals surface area (Å²) in [6.07, 6.45) is 0. The van der Waals surface area contributed by atoms with Crippen LogP contribution in [0.4, 0.5) is 0 Å². The third-order valence-corrected chi connectivity index (χ3v) is 1.87. The van der Waals surface area contributed by atoms with Crippen LogP contribution in [0.25, 0.3) is 0 Å². The summed E-state index contributed by atoms with van der Waals surface area (Å²) in [5.41, 5.74) is 2.90. The topological polar surface area (TPSA) is 24.1 Å². The lowest BCUT2D eigenvalue weighted by Crippen LogP contribution is -2.16. The predicted molar refractivity (Wildman–Crippen MR) is 26.3 cm³/mol. The van der Waals surface area contributed by atoms with Gasteiger partial charge in [0, 0.05) is 11.0 Å². The molecule has 1 aliphatic rings. The number of hydrogen-bond donors (Lipinski definition) is 2. The first kappa shape index (κ1) is 3.80. The zero-order chi connectivity index (χ0) is 3.54. The lowest BCUT2D eigenvalue weighted by molar-refractivity contribution is 0.811. The van der Waals surface area contributed by atoms with E-state index in [0.29, 0.717) is 0 Å². The second-order valence-corrected chi connectivity index (χ2v) is 2.73. The summed E-state index contributed by atoms with van der Waals surface area (Å²) >= 11 is 0. The molecule has 1 aliphatic heterocycles. The van der Waals surface area contributed by atoms with E-state index in [-0.39, 0.29) is 0 Å². The van der Waals surface area contributed by atoms with Crippen LogP contribution in [0.2, 0.25) is 0 Å². The Labute approximate surface area is 38.6 Å². The molecular weight excluding hydrogens is 104 g/mol. The maximum absolute atomic E-state index is 2.90. The largest absolute Gasteiger partial charge is 0.236 e. The highest BCUT2D eigenvalue weighted by Gasteiger charge is 1.93. The second-order valence-electron chi connectivity index (χ2n) is 0.624. The molecule has 0 amide bonds. The number of rotatable bonds is 0. The Morgan fingerprint density at radius 2 is 2.60 bits per heavy atom. The van der Waals surface area contributed by atoms with Crippen molar-refractivity contribution in [1.82, 2.24) is 10.3 Å². The van der Waals surface area contributed by atoms with E-state index in [4.69, 9.17) is 0 Å². The molecular formula is CH4N2S2. The monoisotopic (exact) mass is 108 g/mol. The molecule has 0 radical (unpaired) electrons. The highest BCUT2D eigenvalue weighted by molar-refractivity contribution is 8.76. The second kappa shape index (κ2) is 1.92. The Morgan fingerprint density at radius 1 is 1.60 bits per heavy atom. The van der Waals surface area contributed by atoms with Crippen LogP contribution in [-0.2, 0) is 0 Å². The number of nitrogens with one attached hydrogen (secondary N) is 2. The average Bonchev–Trinajstić information content (AvgIpc) is 1.76. The fraction of sp³-hybridized carbons (Fsp3) is 1.00. The minimum absolute atomic E-state index is 1.02. The average molecular weight is 108 g/mol. The lowest BCUT2D eigenvalue weighted by atomic mass is 11.5. The van der Waals surface area contributed by atoms with E-state index >= 15 is 0 Å². The van der Waals surface area contributed by atoms with Gasteiger partial charge in [-0.15, -0.1) is 0 Å². The van der Waals surface area contributed by atoms with Crippen LogP contribution >= 0.6 is 21.8 Å². The van der Waals surface area contributed by atoms with Gasteiger partial charge in [-0.25, -0.2) is 5.43 Å². The fourth-order valence-corrected chi connectivity index (χ4v) is 1.33. The molecule has 0 unspecified atom stereocenters. The predicted octanol–water partition coefficient (Wildman–Crippen LogP) is 0.348. The van der Waals surface area contributed by atoms with Crippen molar-refractivity contribution in [3.63, 3.8) is 0 Å². The van der Waals surface area contributed by atoms with Crippen molar-refractivity contribution in [2.45, 2.75) is 0 Å².